The second-order valence-electron chi connectivity index (χ2n) is 4.97. The Labute approximate surface area is 112 Å². The minimum Gasteiger partial charge on any atom is -0.324 e. The molecule has 3 N–H and O–H groups in total. The highest BCUT2D eigenvalue weighted by atomic mass is 19.1. The Morgan fingerprint density at radius 3 is 2.68 bits per heavy atom. The number of carbonyl (C=O) groups excluding carboxylic acids is 1. The predicted molar refractivity (Wildman–Crippen MR) is 71.9 cm³/mol. The summed E-state index contributed by atoms with van der Waals surface area (Å²) >= 11 is 0. The molecule has 0 heterocycles. The summed E-state index contributed by atoms with van der Waals surface area (Å²) in [4.78, 5) is 11.9. The zero-order valence-electron chi connectivity index (χ0n) is 11.3. The Morgan fingerprint density at radius 1 is 1.53 bits per heavy atom. The molecule has 19 heavy (non-hydrogen) atoms. The smallest absolute Gasteiger partial charge is 0.241 e. The highest BCUT2D eigenvalue weighted by Crippen LogP contribution is 2.20. The van der Waals surface area contributed by atoms with Gasteiger partial charge in [-0.3, -0.25) is 4.79 Å². The molecular formula is C14H18FN3O. The number of hydrogen-bond acceptors (Lipinski definition) is 3. The van der Waals surface area contributed by atoms with Crippen LogP contribution < -0.4 is 11.1 Å². The van der Waals surface area contributed by atoms with Gasteiger partial charge in [0.05, 0.1) is 17.7 Å². The third-order valence-corrected chi connectivity index (χ3v) is 2.79. The number of nitrogens with two attached hydrogens (primary N) is 1. The molecule has 0 aliphatic heterocycles. The normalized spacial score (nSPS) is 12.1. The van der Waals surface area contributed by atoms with Crippen LogP contribution in [0.4, 0.5) is 10.1 Å². The van der Waals surface area contributed by atoms with Gasteiger partial charge in [-0.2, -0.15) is 5.26 Å². The lowest BCUT2D eigenvalue weighted by Gasteiger charge is -2.15. The van der Waals surface area contributed by atoms with Crippen LogP contribution in [0.3, 0.4) is 0 Å². The number of hydrogen-bond donors (Lipinski definition) is 2. The van der Waals surface area contributed by atoms with E-state index in [9.17, 15) is 9.18 Å². The Kier molecular flexibility index (Phi) is 5.02. The number of rotatable bonds is 4. The highest BCUT2D eigenvalue weighted by molar-refractivity contribution is 5.95. The maximum atomic E-state index is 13.6. The van der Waals surface area contributed by atoms with Gasteiger partial charge in [-0.05, 0) is 31.4 Å². The number of carbonyl (C=O) groups is 1. The molecule has 0 spiro atoms. The summed E-state index contributed by atoms with van der Waals surface area (Å²) in [6.07, 6.45) is 0.547. The van der Waals surface area contributed by atoms with E-state index in [4.69, 9.17) is 11.0 Å². The van der Waals surface area contributed by atoms with Crippen molar-refractivity contribution in [1.29, 1.82) is 5.26 Å². The Bertz CT molecular complexity index is 520. The minimum atomic E-state index is -0.645. The molecule has 1 amide bonds. The lowest BCUT2D eigenvalue weighted by molar-refractivity contribution is -0.117. The molecule has 0 radical (unpaired) electrons. The molecule has 0 fully saturated rings. The standard InChI is InChI=1S/C14H18FN3O/c1-8(2)4-12(17)14(19)18-13-6-10(7-16)5-11(15)9(13)3/h5-6,8,12H,4,17H2,1-3H3,(H,18,19)/t12-/m0/s1. The molecule has 0 saturated carbocycles. The van der Waals surface area contributed by atoms with Crippen molar-refractivity contribution in [3.05, 3.63) is 29.1 Å². The van der Waals surface area contributed by atoms with E-state index in [1.165, 1.54) is 6.07 Å². The van der Waals surface area contributed by atoms with Crippen molar-refractivity contribution in [3.8, 4) is 6.07 Å². The largest absolute Gasteiger partial charge is 0.324 e. The summed E-state index contributed by atoms with van der Waals surface area (Å²) in [6.45, 7) is 5.47. The average Bonchev–Trinajstić information content (AvgIpc) is 2.33. The maximum absolute atomic E-state index is 13.6. The summed E-state index contributed by atoms with van der Waals surface area (Å²) < 4.78 is 13.6. The van der Waals surface area contributed by atoms with E-state index >= 15 is 0 Å². The van der Waals surface area contributed by atoms with Crippen molar-refractivity contribution in [1.82, 2.24) is 0 Å². The second-order valence-corrected chi connectivity index (χ2v) is 4.97. The van der Waals surface area contributed by atoms with Crippen LogP contribution in [-0.2, 0) is 4.79 Å². The minimum absolute atomic E-state index is 0.163. The SMILES string of the molecule is Cc1c(F)cc(C#N)cc1NC(=O)[C@@H](N)CC(C)C. The van der Waals surface area contributed by atoms with Crippen LogP contribution in [-0.4, -0.2) is 11.9 Å². The number of nitrogens with zero attached hydrogens (tertiary/aromatic N) is 1. The van der Waals surface area contributed by atoms with Gasteiger partial charge < -0.3 is 11.1 Å². The molecule has 0 aliphatic carbocycles. The fourth-order valence-corrected chi connectivity index (χ4v) is 1.71. The second kappa shape index (κ2) is 6.30. The van der Waals surface area contributed by atoms with Gasteiger partial charge in [0.1, 0.15) is 5.82 Å². The van der Waals surface area contributed by atoms with Crippen LogP contribution in [0.2, 0.25) is 0 Å². The Balaban J connectivity index is 2.91. The van der Waals surface area contributed by atoms with Gasteiger partial charge in [0.2, 0.25) is 5.91 Å². The van der Waals surface area contributed by atoms with Gasteiger partial charge in [-0.1, -0.05) is 13.8 Å². The van der Waals surface area contributed by atoms with Crippen LogP contribution in [0, 0.1) is 30.0 Å². The molecule has 1 aromatic carbocycles. The van der Waals surface area contributed by atoms with Crippen molar-refractivity contribution >= 4 is 11.6 Å². The Morgan fingerprint density at radius 2 is 2.16 bits per heavy atom. The third kappa shape index (κ3) is 4.04. The van der Waals surface area contributed by atoms with Crippen molar-refractivity contribution in [2.75, 3.05) is 5.32 Å². The molecule has 0 unspecified atom stereocenters. The van der Waals surface area contributed by atoms with Gasteiger partial charge in [-0.15, -0.1) is 0 Å². The molecule has 0 aliphatic rings. The summed E-state index contributed by atoms with van der Waals surface area (Å²) in [5.74, 6) is -0.595. The Hall–Kier alpha value is -1.93. The summed E-state index contributed by atoms with van der Waals surface area (Å²) in [6, 6.07) is 3.78. The van der Waals surface area contributed by atoms with Gasteiger partial charge in [-0.25, -0.2) is 4.39 Å². The molecule has 4 nitrogen and oxygen atoms in total. The van der Waals surface area contributed by atoms with Crippen LogP contribution in [0.1, 0.15) is 31.4 Å². The van der Waals surface area contributed by atoms with Crippen molar-refractivity contribution in [2.45, 2.75) is 33.2 Å². The van der Waals surface area contributed by atoms with Crippen LogP contribution in [0.25, 0.3) is 0 Å². The van der Waals surface area contributed by atoms with Crippen LogP contribution in [0.15, 0.2) is 12.1 Å². The molecule has 1 aromatic rings. The zero-order chi connectivity index (χ0) is 14.6. The lowest BCUT2D eigenvalue weighted by atomic mass is 10.0. The van der Waals surface area contributed by atoms with Gasteiger partial charge >= 0.3 is 0 Å². The number of nitrogens with one attached hydrogen (secondary N) is 1. The molecule has 0 bridgehead atoms. The van der Waals surface area contributed by atoms with E-state index in [0.717, 1.165) is 6.07 Å². The van der Waals surface area contributed by atoms with E-state index in [1.54, 1.807) is 6.92 Å². The molecule has 1 rings (SSSR count). The first-order valence-corrected chi connectivity index (χ1v) is 6.11. The van der Waals surface area contributed by atoms with Gasteiger partial charge in [0.15, 0.2) is 0 Å². The fraction of sp³-hybridized carbons (Fsp3) is 0.429. The van der Waals surface area contributed by atoms with E-state index in [0.29, 0.717) is 23.6 Å². The zero-order valence-corrected chi connectivity index (χ0v) is 11.3. The predicted octanol–water partition coefficient (Wildman–Crippen LogP) is 2.32. The molecule has 102 valence electrons. The fourth-order valence-electron chi connectivity index (χ4n) is 1.71. The number of benzene rings is 1. The van der Waals surface area contributed by atoms with Crippen LogP contribution in [0.5, 0.6) is 0 Å². The number of amides is 1. The molecule has 1 atom stereocenters. The van der Waals surface area contributed by atoms with Crippen molar-refractivity contribution in [2.24, 2.45) is 11.7 Å². The monoisotopic (exact) mass is 263 g/mol. The first kappa shape index (κ1) is 15.1. The average molecular weight is 263 g/mol. The summed E-state index contributed by atoms with van der Waals surface area (Å²) in [5.41, 5.74) is 6.50. The summed E-state index contributed by atoms with van der Waals surface area (Å²) in [5, 5.41) is 11.4. The number of halogens is 1. The number of nitriles is 1. The third-order valence-electron chi connectivity index (χ3n) is 2.79. The summed E-state index contributed by atoms with van der Waals surface area (Å²) in [7, 11) is 0. The first-order valence-electron chi connectivity index (χ1n) is 6.11. The van der Waals surface area contributed by atoms with E-state index in [-0.39, 0.29) is 11.5 Å². The van der Waals surface area contributed by atoms with Crippen LogP contribution >= 0.6 is 0 Å². The van der Waals surface area contributed by atoms with Crippen molar-refractivity contribution < 1.29 is 9.18 Å². The maximum Gasteiger partial charge on any atom is 0.241 e. The quantitative estimate of drug-likeness (QED) is 0.875. The number of anilines is 1. The molecule has 5 heteroatoms. The topological polar surface area (TPSA) is 78.9 Å². The molecular weight excluding hydrogens is 245 g/mol. The lowest BCUT2D eigenvalue weighted by Crippen LogP contribution is -2.36. The van der Waals surface area contributed by atoms with Gasteiger partial charge in [0, 0.05) is 11.3 Å². The highest BCUT2D eigenvalue weighted by Gasteiger charge is 2.17. The van der Waals surface area contributed by atoms with E-state index < -0.39 is 11.9 Å². The molecule has 0 aromatic heterocycles. The molecule has 0 saturated heterocycles. The van der Waals surface area contributed by atoms with Gasteiger partial charge in [0.25, 0.3) is 0 Å². The first-order chi connectivity index (χ1) is 8.85. The van der Waals surface area contributed by atoms with E-state index in [1.807, 2.05) is 19.9 Å². The van der Waals surface area contributed by atoms with E-state index in [2.05, 4.69) is 5.32 Å². The van der Waals surface area contributed by atoms with Crippen molar-refractivity contribution in [3.63, 3.8) is 0 Å².